The highest BCUT2D eigenvalue weighted by Crippen LogP contribution is 2.30. The molecule has 0 saturated heterocycles. The number of carbonyl (C=O) groups is 2. The third-order valence-electron chi connectivity index (χ3n) is 4.96. The van der Waals surface area contributed by atoms with Crippen molar-refractivity contribution in [1.82, 2.24) is 4.98 Å². The molecule has 0 atom stereocenters. The van der Waals surface area contributed by atoms with Crippen molar-refractivity contribution in [2.45, 2.75) is 6.92 Å². The summed E-state index contributed by atoms with van der Waals surface area (Å²) in [5.74, 6) is -0.863. The highest BCUT2D eigenvalue weighted by atomic mass is 79.9. The van der Waals surface area contributed by atoms with Crippen LogP contribution in [0.4, 0.5) is 0 Å². The number of hydrogen-bond acceptors (Lipinski definition) is 4. The van der Waals surface area contributed by atoms with Crippen molar-refractivity contribution in [2.75, 3.05) is 6.61 Å². The summed E-state index contributed by atoms with van der Waals surface area (Å²) < 4.78 is 6.25. The maximum absolute atomic E-state index is 13.0. The van der Waals surface area contributed by atoms with Gasteiger partial charge >= 0.3 is 5.97 Å². The van der Waals surface area contributed by atoms with Crippen LogP contribution < -0.4 is 0 Å². The number of carbonyl (C=O) groups excluding carboxylic acids is 2. The predicted molar refractivity (Wildman–Crippen MR) is 126 cm³/mol. The van der Waals surface area contributed by atoms with Gasteiger partial charge in [0.2, 0.25) is 0 Å². The Hall–Kier alpha value is -3.02. The van der Waals surface area contributed by atoms with Crippen LogP contribution in [0.3, 0.4) is 0 Å². The fourth-order valence-electron chi connectivity index (χ4n) is 3.26. The quantitative estimate of drug-likeness (QED) is 0.230. The summed E-state index contributed by atoms with van der Waals surface area (Å²) in [5, 5.41) is 1.19. The van der Waals surface area contributed by atoms with Crippen molar-refractivity contribution in [3.05, 3.63) is 99.0 Å². The molecular formula is C25H17BrClNO3. The van der Waals surface area contributed by atoms with Crippen molar-refractivity contribution >= 4 is 50.2 Å². The third kappa shape index (κ3) is 4.53. The van der Waals surface area contributed by atoms with Crippen molar-refractivity contribution in [3.63, 3.8) is 0 Å². The summed E-state index contributed by atoms with van der Waals surface area (Å²) >= 11 is 9.63. The van der Waals surface area contributed by atoms with E-state index in [-0.39, 0.29) is 12.4 Å². The second-order valence-corrected chi connectivity index (χ2v) is 8.32. The highest BCUT2D eigenvalue weighted by molar-refractivity contribution is 9.10. The lowest BCUT2D eigenvalue weighted by atomic mass is 10.0. The first-order valence-electron chi connectivity index (χ1n) is 9.55. The van der Waals surface area contributed by atoms with E-state index in [1.807, 2.05) is 37.3 Å². The van der Waals surface area contributed by atoms with Crippen molar-refractivity contribution < 1.29 is 14.3 Å². The second-order valence-electron chi connectivity index (χ2n) is 7.00. The number of rotatable bonds is 5. The van der Waals surface area contributed by atoms with Crippen LogP contribution in [-0.4, -0.2) is 23.3 Å². The summed E-state index contributed by atoms with van der Waals surface area (Å²) in [6.45, 7) is 1.51. The molecule has 0 unspecified atom stereocenters. The number of pyridine rings is 1. The van der Waals surface area contributed by atoms with E-state index in [1.54, 1.807) is 42.5 Å². The van der Waals surface area contributed by atoms with Gasteiger partial charge in [0.15, 0.2) is 12.4 Å². The number of fused-ring (bicyclic) bond motifs is 1. The Balaban J connectivity index is 1.70. The van der Waals surface area contributed by atoms with E-state index in [4.69, 9.17) is 21.3 Å². The van der Waals surface area contributed by atoms with Gasteiger partial charge in [-0.2, -0.15) is 0 Å². The van der Waals surface area contributed by atoms with Crippen LogP contribution in [0.15, 0.2) is 77.3 Å². The molecule has 3 aromatic carbocycles. The molecule has 0 aliphatic rings. The number of ether oxygens (including phenoxy) is 1. The first-order valence-corrected chi connectivity index (χ1v) is 10.7. The molecule has 0 aliphatic heterocycles. The van der Waals surface area contributed by atoms with Gasteiger partial charge in [0.25, 0.3) is 0 Å². The molecule has 0 saturated carbocycles. The molecule has 4 aromatic rings. The van der Waals surface area contributed by atoms with E-state index < -0.39 is 5.97 Å². The van der Waals surface area contributed by atoms with Gasteiger partial charge in [-0.1, -0.05) is 76.1 Å². The van der Waals surface area contributed by atoms with Gasteiger partial charge in [-0.15, -0.1) is 0 Å². The number of benzene rings is 3. The standard InChI is InChI=1S/C25H17BrClNO3/c1-15-21(27)12-11-19-20(13-22(28-24(15)19)16-5-3-2-4-6-16)25(30)31-14-23(29)17-7-9-18(26)10-8-17/h2-13H,14H2,1H3. The van der Waals surface area contributed by atoms with Crippen LogP contribution in [0.1, 0.15) is 26.3 Å². The Bertz CT molecular complexity index is 1290. The molecule has 1 aromatic heterocycles. The van der Waals surface area contributed by atoms with Gasteiger partial charge in [0.1, 0.15) is 0 Å². The van der Waals surface area contributed by atoms with Gasteiger partial charge in [0, 0.05) is 26.0 Å². The van der Waals surface area contributed by atoms with Crippen LogP contribution in [0.5, 0.6) is 0 Å². The van der Waals surface area contributed by atoms with Gasteiger partial charge in [-0.25, -0.2) is 9.78 Å². The maximum atomic E-state index is 13.0. The number of esters is 1. The third-order valence-corrected chi connectivity index (χ3v) is 5.90. The van der Waals surface area contributed by atoms with E-state index in [2.05, 4.69) is 15.9 Å². The average Bonchev–Trinajstić information content (AvgIpc) is 2.80. The molecule has 1 heterocycles. The SMILES string of the molecule is Cc1c(Cl)ccc2c(C(=O)OCC(=O)c3ccc(Br)cc3)cc(-c3ccccc3)nc12. The van der Waals surface area contributed by atoms with Gasteiger partial charge in [-0.05, 0) is 36.8 Å². The summed E-state index contributed by atoms with van der Waals surface area (Å²) in [7, 11) is 0. The molecule has 0 spiro atoms. The fourth-order valence-corrected chi connectivity index (χ4v) is 3.67. The van der Waals surface area contributed by atoms with E-state index >= 15 is 0 Å². The van der Waals surface area contributed by atoms with E-state index in [1.165, 1.54) is 0 Å². The smallest absolute Gasteiger partial charge is 0.339 e. The Kier molecular flexibility index (Phi) is 6.16. The van der Waals surface area contributed by atoms with Crippen LogP contribution in [0.25, 0.3) is 22.2 Å². The summed E-state index contributed by atoms with van der Waals surface area (Å²) in [6, 6.07) is 21.6. The largest absolute Gasteiger partial charge is 0.454 e. The number of Topliss-reactive ketones (excluding diaryl/α,β-unsaturated/α-hetero) is 1. The van der Waals surface area contributed by atoms with Gasteiger partial charge in [0.05, 0.1) is 16.8 Å². The zero-order valence-electron chi connectivity index (χ0n) is 16.6. The molecule has 0 N–H and O–H groups in total. The summed E-state index contributed by atoms with van der Waals surface area (Å²) in [4.78, 5) is 30.1. The zero-order valence-corrected chi connectivity index (χ0v) is 18.9. The van der Waals surface area contributed by atoms with Crippen LogP contribution in [0.2, 0.25) is 5.02 Å². The Labute approximate surface area is 193 Å². The molecule has 154 valence electrons. The number of ketones is 1. The van der Waals surface area contributed by atoms with Crippen LogP contribution in [0, 0.1) is 6.92 Å². The Morgan fingerprint density at radius 2 is 1.71 bits per heavy atom. The van der Waals surface area contributed by atoms with Crippen molar-refractivity contribution in [3.8, 4) is 11.3 Å². The lowest BCUT2D eigenvalue weighted by molar-refractivity contribution is 0.0476. The number of halogens is 2. The average molecular weight is 495 g/mol. The second kappa shape index (κ2) is 9.00. The van der Waals surface area contributed by atoms with E-state index in [9.17, 15) is 9.59 Å². The van der Waals surface area contributed by atoms with E-state index in [0.717, 1.165) is 15.6 Å². The molecule has 4 rings (SSSR count). The fraction of sp³-hybridized carbons (Fsp3) is 0.0800. The molecule has 31 heavy (non-hydrogen) atoms. The Morgan fingerprint density at radius 3 is 2.42 bits per heavy atom. The molecule has 4 nitrogen and oxygen atoms in total. The zero-order chi connectivity index (χ0) is 22.0. The van der Waals surface area contributed by atoms with Gasteiger partial charge in [-0.3, -0.25) is 4.79 Å². The topological polar surface area (TPSA) is 56.3 Å². The minimum Gasteiger partial charge on any atom is -0.454 e. The number of aryl methyl sites for hydroxylation is 1. The maximum Gasteiger partial charge on any atom is 0.339 e. The molecule has 0 aliphatic carbocycles. The Morgan fingerprint density at radius 1 is 1.00 bits per heavy atom. The lowest BCUT2D eigenvalue weighted by Gasteiger charge is -2.12. The lowest BCUT2D eigenvalue weighted by Crippen LogP contribution is -2.15. The first-order chi connectivity index (χ1) is 14.9. The number of hydrogen-bond donors (Lipinski definition) is 0. The van der Waals surface area contributed by atoms with Crippen LogP contribution in [-0.2, 0) is 4.74 Å². The predicted octanol–water partition coefficient (Wildman–Crippen LogP) is 6.67. The van der Waals surface area contributed by atoms with Gasteiger partial charge < -0.3 is 4.74 Å². The molecule has 6 heteroatoms. The molecule has 0 radical (unpaired) electrons. The summed E-state index contributed by atoms with van der Waals surface area (Å²) in [5.41, 5.74) is 3.71. The van der Waals surface area contributed by atoms with Crippen molar-refractivity contribution in [2.24, 2.45) is 0 Å². The molecule has 0 bridgehead atoms. The normalized spacial score (nSPS) is 10.8. The van der Waals surface area contributed by atoms with E-state index in [0.29, 0.717) is 32.7 Å². The molecule has 0 amide bonds. The number of aromatic nitrogens is 1. The molecule has 0 fully saturated rings. The molecular weight excluding hydrogens is 478 g/mol. The van der Waals surface area contributed by atoms with Crippen LogP contribution >= 0.6 is 27.5 Å². The summed E-state index contributed by atoms with van der Waals surface area (Å²) in [6.07, 6.45) is 0. The van der Waals surface area contributed by atoms with Crippen molar-refractivity contribution in [1.29, 1.82) is 0 Å². The highest BCUT2D eigenvalue weighted by Gasteiger charge is 2.19. The monoisotopic (exact) mass is 493 g/mol. The number of nitrogens with zero attached hydrogens (tertiary/aromatic N) is 1. The minimum absolute atomic E-state index is 0.276. The minimum atomic E-state index is -0.586. The first kappa shape index (κ1) is 21.2.